The van der Waals surface area contributed by atoms with Crippen LogP contribution in [0.25, 0.3) is 6.08 Å². The molecule has 0 unspecified atom stereocenters. The minimum Gasteiger partial charge on any atom is -0.349 e. The van der Waals surface area contributed by atoms with Crippen LogP contribution in [0.3, 0.4) is 0 Å². The molecule has 1 aliphatic rings. The highest BCUT2D eigenvalue weighted by atomic mass is 32.1. The van der Waals surface area contributed by atoms with E-state index < -0.39 is 0 Å². The molecule has 0 spiro atoms. The predicted molar refractivity (Wildman–Crippen MR) is 77.5 cm³/mol. The van der Waals surface area contributed by atoms with Crippen molar-refractivity contribution in [2.75, 3.05) is 0 Å². The monoisotopic (exact) mass is 274 g/mol. The van der Waals surface area contributed by atoms with Gasteiger partial charge in [-0.2, -0.15) is 16.6 Å². The maximum absolute atomic E-state index is 12.1. The Balaban J connectivity index is 1.99. The quantitative estimate of drug-likeness (QED) is 0.521. The van der Waals surface area contributed by atoms with Crippen LogP contribution in [0.4, 0.5) is 0 Å². The molecular weight excluding hydrogens is 256 g/mol. The molecule has 1 fully saturated rings. The van der Waals surface area contributed by atoms with Gasteiger partial charge in [0.1, 0.15) is 11.6 Å². The molecule has 1 saturated carbocycles. The van der Waals surface area contributed by atoms with Gasteiger partial charge in [0.15, 0.2) is 0 Å². The zero-order valence-corrected chi connectivity index (χ0v) is 11.7. The number of thiophene rings is 1. The molecule has 0 saturated heterocycles. The van der Waals surface area contributed by atoms with Crippen LogP contribution in [-0.4, -0.2) is 11.9 Å². The van der Waals surface area contributed by atoms with Gasteiger partial charge in [-0.25, -0.2) is 0 Å². The Morgan fingerprint density at radius 3 is 2.68 bits per heavy atom. The van der Waals surface area contributed by atoms with E-state index in [1.807, 2.05) is 22.9 Å². The standard InChI is InChI=1S/C15H18N2OS/c16-10-13(9-12-7-8-19-11-12)15(18)17-14-5-3-1-2-4-6-14/h7-9,11,14H,1-6H2,(H,17,18)/b13-9+. The third-order valence-electron chi connectivity index (χ3n) is 3.41. The number of hydrogen-bond donors (Lipinski definition) is 1. The van der Waals surface area contributed by atoms with Crippen molar-refractivity contribution in [3.05, 3.63) is 28.0 Å². The summed E-state index contributed by atoms with van der Waals surface area (Å²) in [5, 5.41) is 16.0. The topological polar surface area (TPSA) is 52.9 Å². The Morgan fingerprint density at radius 2 is 2.11 bits per heavy atom. The molecule has 3 nitrogen and oxygen atoms in total. The van der Waals surface area contributed by atoms with Crippen LogP contribution in [0.2, 0.25) is 0 Å². The van der Waals surface area contributed by atoms with E-state index in [1.165, 1.54) is 25.7 Å². The van der Waals surface area contributed by atoms with Crippen LogP contribution < -0.4 is 5.32 Å². The van der Waals surface area contributed by atoms with Gasteiger partial charge in [-0.05, 0) is 41.3 Å². The summed E-state index contributed by atoms with van der Waals surface area (Å²) in [4.78, 5) is 12.1. The van der Waals surface area contributed by atoms with Gasteiger partial charge < -0.3 is 5.32 Å². The highest BCUT2D eigenvalue weighted by Gasteiger charge is 2.17. The van der Waals surface area contributed by atoms with E-state index in [0.29, 0.717) is 0 Å². The molecule has 0 radical (unpaired) electrons. The normalized spacial score (nSPS) is 17.5. The maximum Gasteiger partial charge on any atom is 0.262 e. The van der Waals surface area contributed by atoms with Crippen molar-refractivity contribution in [2.24, 2.45) is 0 Å². The Bertz CT molecular complexity index is 477. The molecule has 0 atom stereocenters. The first kappa shape index (κ1) is 13.8. The van der Waals surface area contributed by atoms with Crippen LogP contribution in [0.15, 0.2) is 22.4 Å². The summed E-state index contributed by atoms with van der Waals surface area (Å²) in [5.41, 5.74) is 1.11. The number of carbonyl (C=O) groups is 1. The predicted octanol–water partition coefficient (Wildman–Crippen LogP) is 3.49. The number of hydrogen-bond acceptors (Lipinski definition) is 3. The first-order valence-corrected chi connectivity index (χ1v) is 7.69. The molecule has 0 aliphatic heterocycles. The van der Waals surface area contributed by atoms with Crippen LogP contribution in [0.5, 0.6) is 0 Å². The number of amides is 1. The fraction of sp³-hybridized carbons (Fsp3) is 0.467. The van der Waals surface area contributed by atoms with Gasteiger partial charge in [-0.3, -0.25) is 4.79 Å². The molecule has 1 heterocycles. The van der Waals surface area contributed by atoms with Crippen molar-refractivity contribution >= 4 is 23.3 Å². The molecule has 1 N–H and O–H groups in total. The molecular formula is C15H18N2OS. The molecule has 1 amide bonds. The van der Waals surface area contributed by atoms with Gasteiger partial charge in [0, 0.05) is 6.04 Å². The maximum atomic E-state index is 12.1. The number of nitrogens with zero attached hydrogens (tertiary/aromatic N) is 1. The van der Waals surface area contributed by atoms with Crippen molar-refractivity contribution < 1.29 is 4.79 Å². The van der Waals surface area contributed by atoms with Crippen LogP contribution in [0.1, 0.15) is 44.1 Å². The Morgan fingerprint density at radius 1 is 1.37 bits per heavy atom. The second-order valence-corrected chi connectivity index (χ2v) is 5.67. The second kappa shape index (κ2) is 7.10. The lowest BCUT2D eigenvalue weighted by atomic mass is 10.1. The molecule has 19 heavy (non-hydrogen) atoms. The van der Waals surface area contributed by atoms with Crippen molar-refractivity contribution in [2.45, 2.75) is 44.6 Å². The number of nitriles is 1. The van der Waals surface area contributed by atoms with Gasteiger partial charge in [0.2, 0.25) is 0 Å². The Hall–Kier alpha value is -1.60. The lowest BCUT2D eigenvalue weighted by molar-refractivity contribution is -0.117. The average Bonchev–Trinajstić information content (AvgIpc) is 2.79. The van der Waals surface area contributed by atoms with Crippen molar-refractivity contribution in [1.82, 2.24) is 5.32 Å². The van der Waals surface area contributed by atoms with Gasteiger partial charge in [0.25, 0.3) is 5.91 Å². The van der Waals surface area contributed by atoms with E-state index in [4.69, 9.17) is 5.26 Å². The largest absolute Gasteiger partial charge is 0.349 e. The fourth-order valence-electron chi connectivity index (χ4n) is 2.36. The zero-order chi connectivity index (χ0) is 13.5. The van der Waals surface area contributed by atoms with Gasteiger partial charge >= 0.3 is 0 Å². The van der Waals surface area contributed by atoms with Crippen LogP contribution in [-0.2, 0) is 4.79 Å². The number of rotatable bonds is 3. The highest BCUT2D eigenvalue weighted by Crippen LogP contribution is 2.18. The van der Waals surface area contributed by atoms with E-state index in [2.05, 4.69) is 5.32 Å². The Kier molecular flexibility index (Phi) is 5.17. The lowest BCUT2D eigenvalue weighted by Gasteiger charge is -2.15. The highest BCUT2D eigenvalue weighted by molar-refractivity contribution is 7.08. The third-order valence-corrected chi connectivity index (χ3v) is 4.11. The average molecular weight is 274 g/mol. The molecule has 1 aromatic rings. The van der Waals surface area contributed by atoms with E-state index in [9.17, 15) is 4.79 Å². The second-order valence-electron chi connectivity index (χ2n) is 4.89. The summed E-state index contributed by atoms with van der Waals surface area (Å²) < 4.78 is 0. The van der Waals surface area contributed by atoms with E-state index in [1.54, 1.807) is 17.4 Å². The lowest BCUT2D eigenvalue weighted by Crippen LogP contribution is -2.35. The molecule has 1 aromatic heterocycles. The molecule has 1 aliphatic carbocycles. The fourth-order valence-corrected chi connectivity index (χ4v) is 2.98. The first-order valence-electron chi connectivity index (χ1n) is 6.74. The number of nitrogens with one attached hydrogen (secondary N) is 1. The summed E-state index contributed by atoms with van der Waals surface area (Å²) >= 11 is 1.56. The summed E-state index contributed by atoms with van der Waals surface area (Å²) in [6.07, 6.45) is 8.56. The first-order chi connectivity index (χ1) is 9.29. The van der Waals surface area contributed by atoms with Gasteiger partial charge in [-0.15, -0.1) is 0 Å². The summed E-state index contributed by atoms with van der Waals surface area (Å²) in [7, 11) is 0. The minimum atomic E-state index is -0.236. The molecule has 0 aromatic carbocycles. The molecule has 4 heteroatoms. The van der Waals surface area contributed by atoms with E-state index in [-0.39, 0.29) is 17.5 Å². The Labute approximate surface area is 117 Å². The summed E-state index contributed by atoms with van der Waals surface area (Å²) in [6, 6.07) is 4.13. The van der Waals surface area contributed by atoms with E-state index in [0.717, 1.165) is 18.4 Å². The molecule has 100 valence electrons. The summed E-state index contributed by atoms with van der Waals surface area (Å²) in [6.45, 7) is 0. The smallest absolute Gasteiger partial charge is 0.262 e. The zero-order valence-electron chi connectivity index (χ0n) is 10.9. The molecule has 0 bridgehead atoms. The third kappa shape index (κ3) is 4.22. The minimum absolute atomic E-state index is 0.197. The van der Waals surface area contributed by atoms with Crippen LogP contribution >= 0.6 is 11.3 Å². The van der Waals surface area contributed by atoms with Crippen molar-refractivity contribution in [3.8, 4) is 6.07 Å². The molecule has 2 rings (SSSR count). The van der Waals surface area contributed by atoms with Crippen molar-refractivity contribution in [3.63, 3.8) is 0 Å². The van der Waals surface area contributed by atoms with Crippen LogP contribution in [0, 0.1) is 11.3 Å². The van der Waals surface area contributed by atoms with Gasteiger partial charge in [0.05, 0.1) is 0 Å². The van der Waals surface area contributed by atoms with E-state index >= 15 is 0 Å². The van der Waals surface area contributed by atoms with Crippen molar-refractivity contribution in [1.29, 1.82) is 5.26 Å². The van der Waals surface area contributed by atoms with Gasteiger partial charge in [-0.1, -0.05) is 25.7 Å². The number of carbonyl (C=O) groups excluding carboxylic acids is 1. The SMILES string of the molecule is N#C/C(=C\c1ccsc1)C(=O)NC1CCCCCC1. The summed E-state index contributed by atoms with van der Waals surface area (Å²) in [5.74, 6) is -0.236.